The summed E-state index contributed by atoms with van der Waals surface area (Å²) < 4.78 is 1.70. The highest BCUT2D eigenvalue weighted by molar-refractivity contribution is 5.31. The topological polar surface area (TPSA) is 50.9 Å². The van der Waals surface area contributed by atoms with Crippen molar-refractivity contribution in [2.75, 3.05) is 0 Å². The largest absolute Gasteiger partial charge is 0.392 e. The molecule has 0 bridgehead atoms. The zero-order valence-corrected chi connectivity index (χ0v) is 9.46. The van der Waals surface area contributed by atoms with E-state index in [0.29, 0.717) is 5.92 Å². The van der Waals surface area contributed by atoms with Gasteiger partial charge in [-0.05, 0) is 29.7 Å². The van der Waals surface area contributed by atoms with Crippen LogP contribution >= 0.6 is 0 Å². The normalized spacial score (nSPS) is 11.0. The molecule has 0 atom stereocenters. The lowest BCUT2D eigenvalue weighted by Gasteiger charge is -2.09. The van der Waals surface area contributed by atoms with E-state index in [0.717, 1.165) is 17.1 Å². The summed E-state index contributed by atoms with van der Waals surface area (Å²) in [5, 5.41) is 13.3. The van der Waals surface area contributed by atoms with Crippen molar-refractivity contribution < 1.29 is 5.11 Å². The summed E-state index contributed by atoms with van der Waals surface area (Å²) in [6, 6.07) is 5.62. The third kappa shape index (κ3) is 2.12. The Bertz CT molecular complexity index is 463. The van der Waals surface area contributed by atoms with Gasteiger partial charge in [0.05, 0.1) is 6.61 Å². The Morgan fingerprint density at radius 3 is 2.75 bits per heavy atom. The highest BCUT2D eigenvalue weighted by atomic mass is 16.3. The molecule has 0 saturated carbocycles. The summed E-state index contributed by atoms with van der Waals surface area (Å²) in [4.78, 5) is 4.51. The molecule has 0 fully saturated rings. The molecule has 4 nitrogen and oxygen atoms in total. The van der Waals surface area contributed by atoms with Gasteiger partial charge in [0.25, 0.3) is 0 Å². The quantitative estimate of drug-likeness (QED) is 0.854. The zero-order chi connectivity index (χ0) is 11.5. The van der Waals surface area contributed by atoms with Crippen LogP contribution in [0.15, 0.2) is 30.6 Å². The summed E-state index contributed by atoms with van der Waals surface area (Å²) in [5.74, 6) is 1.08. The average Bonchev–Trinajstić information content (AvgIpc) is 2.81. The molecule has 1 N–H and O–H groups in total. The van der Waals surface area contributed by atoms with Crippen LogP contribution in [0.25, 0.3) is 5.82 Å². The fourth-order valence-electron chi connectivity index (χ4n) is 1.50. The van der Waals surface area contributed by atoms with Gasteiger partial charge in [-0.2, -0.15) is 5.10 Å². The van der Waals surface area contributed by atoms with Gasteiger partial charge in [0.1, 0.15) is 0 Å². The Morgan fingerprint density at radius 2 is 2.19 bits per heavy atom. The van der Waals surface area contributed by atoms with E-state index in [1.807, 2.05) is 24.4 Å². The Balaban J connectivity index is 2.49. The molecular weight excluding hydrogens is 202 g/mol. The number of pyridine rings is 1. The predicted molar refractivity (Wildman–Crippen MR) is 61.4 cm³/mol. The number of aliphatic hydroxyl groups is 1. The van der Waals surface area contributed by atoms with Gasteiger partial charge < -0.3 is 5.11 Å². The molecule has 0 spiro atoms. The summed E-state index contributed by atoms with van der Waals surface area (Å²) in [6.07, 6.45) is 3.55. The lowest BCUT2D eigenvalue weighted by atomic mass is 10.1. The zero-order valence-electron chi connectivity index (χ0n) is 9.46. The molecule has 0 aliphatic carbocycles. The first-order valence-corrected chi connectivity index (χ1v) is 5.32. The standard InChI is InChI=1S/C12H15N3O/c1-9(2)11-6-10(8-16)7-12(14-11)15-5-3-4-13-15/h3-7,9,16H,8H2,1-2H3. The number of nitrogens with zero attached hydrogens (tertiary/aromatic N) is 3. The van der Waals surface area contributed by atoms with Gasteiger partial charge in [-0.25, -0.2) is 9.67 Å². The highest BCUT2D eigenvalue weighted by Crippen LogP contribution is 2.16. The first-order valence-electron chi connectivity index (χ1n) is 5.32. The predicted octanol–water partition coefficient (Wildman–Crippen LogP) is 1.88. The lowest BCUT2D eigenvalue weighted by Crippen LogP contribution is -2.04. The van der Waals surface area contributed by atoms with E-state index in [1.165, 1.54) is 0 Å². The van der Waals surface area contributed by atoms with Crippen LogP contribution in [0, 0.1) is 0 Å². The van der Waals surface area contributed by atoms with Crippen molar-refractivity contribution in [3.63, 3.8) is 0 Å². The van der Waals surface area contributed by atoms with Crippen LogP contribution in [0.3, 0.4) is 0 Å². The van der Waals surface area contributed by atoms with Crippen LogP contribution in [0.2, 0.25) is 0 Å². The highest BCUT2D eigenvalue weighted by Gasteiger charge is 2.07. The Kier molecular flexibility index (Phi) is 3.01. The van der Waals surface area contributed by atoms with E-state index < -0.39 is 0 Å². The monoisotopic (exact) mass is 217 g/mol. The maximum Gasteiger partial charge on any atom is 0.153 e. The van der Waals surface area contributed by atoms with Crippen molar-refractivity contribution in [1.29, 1.82) is 0 Å². The minimum absolute atomic E-state index is 0.0243. The van der Waals surface area contributed by atoms with Crippen molar-refractivity contribution >= 4 is 0 Å². The maximum atomic E-state index is 9.21. The average molecular weight is 217 g/mol. The summed E-state index contributed by atoms with van der Waals surface area (Å²) in [7, 11) is 0. The van der Waals surface area contributed by atoms with Gasteiger partial charge in [-0.3, -0.25) is 0 Å². The molecule has 2 aromatic rings. The van der Waals surface area contributed by atoms with Gasteiger partial charge in [0, 0.05) is 18.1 Å². The second kappa shape index (κ2) is 4.45. The Hall–Kier alpha value is -1.68. The summed E-state index contributed by atoms with van der Waals surface area (Å²) in [6.45, 7) is 4.18. The van der Waals surface area contributed by atoms with Crippen LogP contribution in [0.4, 0.5) is 0 Å². The van der Waals surface area contributed by atoms with E-state index >= 15 is 0 Å². The fourth-order valence-corrected chi connectivity index (χ4v) is 1.50. The molecule has 2 heterocycles. The summed E-state index contributed by atoms with van der Waals surface area (Å²) in [5.41, 5.74) is 1.83. The molecule has 0 amide bonds. The van der Waals surface area contributed by atoms with E-state index in [-0.39, 0.29) is 6.61 Å². The lowest BCUT2D eigenvalue weighted by molar-refractivity contribution is 0.281. The van der Waals surface area contributed by atoms with Gasteiger partial charge >= 0.3 is 0 Å². The van der Waals surface area contributed by atoms with E-state index in [9.17, 15) is 5.11 Å². The molecule has 4 heteroatoms. The van der Waals surface area contributed by atoms with Crippen molar-refractivity contribution in [3.05, 3.63) is 41.9 Å². The van der Waals surface area contributed by atoms with Crippen LogP contribution in [-0.4, -0.2) is 19.9 Å². The van der Waals surface area contributed by atoms with Gasteiger partial charge in [0.2, 0.25) is 0 Å². The van der Waals surface area contributed by atoms with Gasteiger partial charge in [0.15, 0.2) is 5.82 Å². The van der Waals surface area contributed by atoms with Gasteiger partial charge in [-0.1, -0.05) is 13.8 Å². The minimum atomic E-state index is 0.0243. The second-order valence-electron chi connectivity index (χ2n) is 4.02. The molecule has 0 aliphatic heterocycles. The van der Waals surface area contributed by atoms with Crippen molar-refractivity contribution in [2.45, 2.75) is 26.4 Å². The maximum absolute atomic E-state index is 9.21. The number of hydrogen-bond donors (Lipinski definition) is 1. The van der Waals surface area contributed by atoms with Crippen molar-refractivity contribution in [2.24, 2.45) is 0 Å². The molecule has 84 valence electrons. The third-order valence-electron chi connectivity index (χ3n) is 2.40. The molecule has 0 unspecified atom stereocenters. The van der Waals surface area contributed by atoms with Crippen LogP contribution in [0.1, 0.15) is 31.0 Å². The molecule has 0 saturated heterocycles. The van der Waals surface area contributed by atoms with Crippen molar-refractivity contribution in [1.82, 2.24) is 14.8 Å². The van der Waals surface area contributed by atoms with Crippen molar-refractivity contribution in [3.8, 4) is 5.82 Å². The fraction of sp³-hybridized carbons (Fsp3) is 0.333. The molecule has 2 aromatic heterocycles. The van der Waals surface area contributed by atoms with E-state index in [1.54, 1.807) is 10.9 Å². The van der Waals surface area contributed by atoms with E-state index in [2.05, 4.69) is 23.9 Å². The molecular formula is C12H15N3O. The Labute approximate surface area is 94.6 Å². The van der Waals surface area contributed by atoms with E-state index in [4.69, 9.17) is 0 Å². The molecule has 0 aromatic carbocycles. The summed E-state index contributed by atoms with van der Waals surface area (Å²) >= 11 is 0. The number of rotatable bonds is 3. The number of aromatic nitrogens is 3. The Morgan fingerprint density at radius 1 is 1.38 bits per heavy atom. The SMILES string of the molecule is CC(C)c1cc(CO)cc(-n2cccn2)n1. The molecule has 16 heavy (non-hydrogen) atoms. The van der Waals surface area contributed by atoms with Crippen LogP contribution in [-0.2, 0) is 6.61 Å². The smallest absolute Gasteiger partial charge is 0.153 e. The third-order valence-corrected chi connectivity index (χ3v) is 2.40. The second-order valence-corrected chi connectivity index (χ2v) is 4.02. The molecule has 2 rings (SSSR count). The number of aliphatic hydroxyl groups excluding tert-OH is 1. The number of hydrogen-bond acceptors (Lipinski definition) is 3. The van der Waals surface area contributed by atoms with Crippen LogP contribution < -0.4 is 0 Å². The first kappa shape index (κ1) is 10.8. The minimum Gasteiger partial charge on any atom is -0.392 e. The van der Waals surface area contributed by atoms with Gasteiger partial charge in [-0.15, -0.1) is 0 Å². The molecule has 0 aliphatic rings. The molecule has 0 radical (unpaired) electrons. The van der Waals surface area contributed by atoms with Crippen LogP contribution in [0.5, 0.6) is 0 Å². The first-order chi connectivity index (χ1) is 7.70.